The summed E-state index contributed by atoms with van der Waals surface area (Å²) in [4.78, 5) is 0. The molecular formula is C16H17Cl2NO. The lowest BCUT2D eigenvalue weighted by atomic mass is 10.1. The summed E-state index contributed by atoms with van der Waals surface area (Å²) in [5.41, 5.74) is 3.26. The Labute approximate surface area is 129 Å². The zero-order valence-electron chi connectivity index (χ0n) is 11.3. The van der Waals surface area contributed by atoms with E-state index in [1.54, 1.807) is 6.07 Å². The van der Waals surface area contributed by atoms with Crippen molar-refractivity contribution in [3.63, 3.8) is 0 Å². The van der Waals surface area contributed by atoms with Gasteiger partial charge in [0.05, 0.1) is 6.61 Å². The fourth-order valence-corrected chi connectivity index (χ4v) is 2.51. The quantitative estimate of drug-likeness (QED) is 0.797. The zero-order valence-corrected chi connectivity index (χ0v) is 12.8. The summed E-state index contributed by atoms with van der Waals surface area (Å²) in [5, 5.41) is 4.70. The second-order valence-electron chi connectivity index (χ2n) is 4.43. The molecule has 0 aliphatic heterocycles. The second-order valence-corrected chi connectivity index (χ2v) is 5.30. The standard InChI is InChI=1S/C16H17Cl2NO/c1-2-20-11-13-5-3-4-6-16(13)19-10-12-7-14(17)9-15(18)8-12/h3-9,19H,2,10-11H2,1H3. The van der Waals surface area contributed by atoms with Gasteiger partial charge in [0.15, 0.2) is 0 Å². The first-order valence-corrected chi connectivity index (χ1v) is 7.29. The number of hydrogen-bond donors (Lipinski definition) is 1. The lowest BCUT2D eigenvalue weighted by molar-refractivity contribution is 0.134. The predicted molar refractivity (Wildman–Crippen MR) is 85.6 cm³/mol. The number of anilines is 1. The predicted octanol–water partition coefficient (Wildman–Crippen LogP) is 5.14. The molecule has 2 aromatic rings. The Kier molecular flexibility index (Phi) is 5.72. The molecule has 0 heterocycles. The smallest absolute Gasteiger partial charge is 0.0736 e. The minimum absolute atomic E-state index is 0.607. The molecule has 0 atom stereocenters. The van der Waals surface area contributed by atoms with E-state index in [0.29, 0.717) is 29.8 Å². The van der Waals surface area contributed by atoms with E-state index in [0.717, 1.165) is 16.8 Å². The molecule has 0 bridgehead atoms. The molecule has 4 heteroatoms. The lowest BCUT2D eigenvalue weighted by Crippen LogP contribution is -2.03. The van der Waals surface area contributed by atoms with Crippen molar-refractivity contribution in [3.05, 3.63) is 63.6 Å². The molecule has 0 aliphatic carbocycles. The lowest BCUT2D eigenvalue weighted by Gasteiger charge is -2.12. The van der Waals surface area contributed by atoms with Crippen molar-refractivity contribution in [1.82, 2.24) is 0 Å². The van der Waals surface area contributed by atoms with Crippen molar-refractivity contribution in [1.29, 1.82) is 0 Å². The number of halogens is 2. The molecule has 0 saturated carbocycles. The van der Waals surface area contributed by atoms with Crippen molar-refractivity contribution in [2.45, 2.75) is 20.1 Å². The van der Waals surface area contributed by atoms with E-state index in [1.807, 2.05) is 37.3 Å². The van der Waals surface area contributed by atoms with Gasteiger partial charge in [-0.2, -0.15) is 0 Å². The fraction of sp³-hybridized carbons (Fsp3) is 0.250. The van der Waals surface area contributed by atoms with Crippen LogP contribution in [0.4, 0.5) is 5.69 Å². The van der Waals surface area contributed by atoms with Crippen molar-refractivity contribution < 1.29 is 4.74 Å². The van der Waals surface area contributed by atoms with E-state index in [-0.39, 0.29) is 0 Å². The summed E-state index contributed by atoms with van der Waals surface area (Å²) < 4.78 is 5.47. The molecule has 0 aromatic heterocycles. The Morgan fingerprint density at radius 1 is 1.05 bits per heavy atom. The van der Waals surface area contributed by atoms with E-state index >= 15 is 0 Å². The number of nitrogens with one attached hydrogen (secondary N) is 1. The van der Waals surface area contributed by atoms with Gasteiger partial charge in [-0.1, -0.05) is 41.4 Å². The molecule has 2 aromatic carbocycles. The largest absolute Gasteiger partial charge is 0.381 e. The van der Waals surface area contributed by atoms with Crippen LogP contribution in [0.25, 0.3) is 0 Å². The van der Waals surface area contributed by atoms with Gasteiger partial charge >= 0.3 is 0 Å². The average molecular weight is 310 g/mol. The van der Waals surface area contributed by atoms with Gasteiger partial charge in [-0.05, 0) is 36.8 Å². The zero-order chi connectivity index (χ0) is 14.4. The Hall–Kier alpha value is -1.22. The molecule has 0 saturated heterocycles. The number of rotatable bonds is 6. The first-order valence-electron chi connectivity index (χ1n) is 6.53. The number of benzene rings is 2. The molecule has 20 heavy (non-hydrogen) atoms. The third-order valence-corrected chi connectivity index (χ3v) is 3.32. The molecule has 0 spiro atoms. The van der Waals surface area contributed by atoms with Crippen molar-refractivity contribution in [2.75, 3.05) is 11.9 Å². The number of para-hydroxylation sites is 1. The first kappa shape index (κ1) is 15.2. The number of ether oxygens (including phenoxy) is 1. The third kappa shape index (κ3) is 4.41. The van der Waals surface area contributed by atoms with E-state index < -0.39 is 0 Å². The van der Waals surface area contributed by atoms with Gasteiger partial charge in [0, 0.05) is 34.4 Å². The van der Waals surface area contributed by atoms with Crippen LogP contribution in [0.1, 0.15) is 18.1 Å². The highest BCUT2D eigenvalue weighted by Crippen LogP contribution is 2.21. The molecule has 0 radical (unpaired) electrons. The molecule has 0 unspecified atom stereocenters. The van der Waals surface area contributed by atoms with Gasteiger partial charge in [-0.25, -0.2) is 0 Å². The van der Waals surface area contributed by atoms with Crippen LogP contribution in [-0.4, -0.2) is 6.61 Å². The van der Waals surface area contributed by atoms with Crippen LogP contribution >= 0.6 is 23.2 Å². The Morgan fingerprint density at radius 3 is 2.45 bits per heavy atom. The normalized spacial score (nSPS) is 10.6. The van der Waals surface area contributed by atoms with Crippen LogP contribution in [-0.2, 0) is 17.9 Å². The molecule has 2 rings (SSSR count). The van der Waals surface area contributed by atoms with Gasteiger partial charge in [0.1, 0.15) is 0 Å². The molecule has 2 nitrogen and oxygen atoms in total. The average Bonchev–Trinajstić information content (AvgIpc) is 2.43. The Morgan fingerprint density at radius 2 is 1.75 bits per heavy atom. The van der Waals surface area contributed by atoms with Crippen LogP contribution in [0.2, 0.25) is 10.0 Å². The van der Waals surface area contributed by atoms with E-state index in [9.17, 15) is 0 Å². The highest BCUT2D eigenvalue weighted by molar-refractivity contribution is 6.34. The minimum atomic E-state index is 0.607. The van der Waals surface area contributed by atoms with Crippen molar-refractivity contribution in [3.8, 4) is 0 Å². The Bertz CT molecular complexity index is 552. The monoisotopic (exact) mass is 309 g/mol. The Balaban J connectivity index is 2.06. The third-order valence-electron chi connectivity index (χ3n) is 2.88. The topological polar surface area (TPSA) is 21.3 Å². The van der Waals surface area contributed by atoms with Crippen LogP contribution < -0.4 is 5.32 Å². The molecule has 1 N–H and O–H groups in total. The summed E-state index contributed by atoms with van der Waals surface area (Å²) in [6.07, 6.45) is 0. The highest BCUT2D eigenvalue weighted by Gasteiger charge is 2.03. The molecule has 0 aliphatic rings. The van der Waals surface area contributed by atoms with Crippen molar-refractivity contribution in [2.24, 2.45) is 0 Å². The van der Waals surface area contributed by atoms with E-state index in [2.05, 4.69) is 11.4 Å². The summed E-state index contributed by atoms with van der Waals surface area (Å²) in [5.74, 6) is 0. The maximum Gasteiger partial charge on any atom is 0.0736 e. The van der Waals surface area contributed by atoms with E-state index in [1.165, 1.54) is 0 Å². The van der Waals surface area contributed by atoms with Gasteiger partial charge in [0.2, 0.25) is 0 Å². The minimum Gasteiger partial charge on any atom is -0.381 e. The summed E-state index contributed by atoms with van der Waals surface area (Å²) in [6.45, 7) is 3.97. The maximum absolute atomic E-state index is 6.00. The summed E-state index contributed by atoms with van der Waals surface area (Å²) in [7, 11) is 0. The van der Waals surface area contributed by atoms with Gasteiger partial charge < -0.3 is 10.1 Å². The fourth-order valence-electron chi connectivity index (χ4n) is 1.94. The first-order chi connectivity index (χ1) is 9.69. The van der Waals surface area contributed by atoms with Gasteiger partial charge in [0.25, 0.3) is 0 Å². The molecule has 106 valence electrons. The van der Waals surface area contributed by atoms with Crippen LogP contribution in [0, 0.1) is 0 Å². The summed E-state index contributed by atoms with van der Waals surface area (Å²) in [6, 6.07) is 13.7. The van der Waals surface area contributed by atoms with Gasteiger partial charge in [-0.15, -0.1) is 0 Å². The van der Waals surface area contributed by atoms with Crippen molar-refractivity contribution >= 4 is 28.9 Å². The highest BCUT2D eigenvalue weighted by atomic mass is 35.5. The number of hydrogen-bond acceptors (Lipinski definition) is 2. The SMILES string of the molecule is CCOCc1ccccc1NCc1cc(Cl)cc(Cl)c1. The van der Waals surface area contributed by atoms with Crippen LogP contribution in [0.15, 0.2) is 42.5 Å². The van der Waals surface area contributed by atoms with Crippen LogP contribution in [0.5, 0.6) is 0 Å². The second kappa shape index (κ2) is 7.53. The van der Waals surface area contributed by atoms with E-state index in [4.69, 9.17) is 27.9 Å². The molecule has 0 fully saturated rings. The summed E-state index contributed by atoms with van der Waals surface area (Å²) >= 11 is 12.0. The molecule has 0 amide bonds. The van der Waals surface area contributed by atoms with Gasteiger partial charge in [-0.3, -0.25) is 0 Å². The van der Waals surface area contributed by atoms with Crippen LogP contribution in [0.3, 0.4) is 0 Å². The maximum atomic E-state index is 6.00. The molecular weight excluding hydrogens is 293 g/mol.